The Morgan fingerprint density at radius 1 is 1.13 bits per heavy atom. The molecule has 0 saturated heterocycles. The third-order valence-electron chi connectivity index (χ3n) is 6.11. The van der Waals surface area contributed by atoms with E-state index in [1.54, 1.807) is 23.0 Å². The van der Waals surface area contributed by atoms with Crippen molar-refractivity contribution in [3.8, 4) is 5.69 Å². The predicted octanol–water partition coefficient (Wildman–Crippen LogP) is 5.18. The Kier molecular flexibility index (Phi) is 4.58. The molecule has 1 aliphatic carbocycles. The van der Waals surface area contributed by atoms with E-state index in [9.17, 15) is 9.18 Å². The van der Waals surface area contributed by atoms with Gasteiger partial charge in [-0.1, -0.05) is 44.2 Å². The van der Waals surface area contributed by atoms with E-state index in [-0.39, 0.29) is 17.5 Å². The Balaban J connectivity index is 1.59. The van der Waals surface area contributed by atoms with Crippen LogP contribution in [0.1, 0.15) is 59.3 Å². The SMILES string of the molecule is CC(C)c1ccc([C@@H]2CC(=O)c3c(nc4c(cnn4-c4cccc(F)c4)c3N)C2)cc1. The number of anilines is 1. The van der Waals surface area contributed by atoms with Crippen LogP contribution in [0.5, 0.6) is 0 Å². The number of fused-ring (bicyclic) bond motifs is 2. The lowest BCUT2D eigenvalue weighted by Gasteiger charge is -2.25. The van der Waals surface area contributed by atoms with Crippen molar-refractivity contribution >= 4 is 22.5 Å². The van der Waals surface area contributed by atoms with E-state index in [0.717, 1.165) is 5.56 Å². The van der Waals surface area contributed by atoms with Gasteiger partial charge in [0.2, 0.25) is 0 Å². The fraction of sp³-hybridized carbons (Fsp3) is 0.240. The van der Waals surface area contributed by atoms with Crippen molar-refractivity contribution in [2.45, 2.75) is 38.5 Å². The van der Waals surface area contributed by atoms with E-state index < -0.39 is 0 Å². The number of nitrogens with two attached hydrogens (primary N) is 1. The van der Waals surface area contributed by atoms with Gasteiger partial charge in [-0.05, 0) is 47.6 Å². The molecule has 156 valence electrons. The standard InChI is InChI=1S/C25H23FN4O/c1-14(2)15-6-8-16(9-7-15)17-10-21-23(22(31)11-17)24(27)20-13-28-30(25(20)29-21)19-5-3-4-18(26)12-19/h3-9,12-14,17H,10-11H2,1-2H3,(H2,27,29)/t17-/m0/s1. The average molecular weight is 414 g/mol. The van der Waals surface area contributed by atoms with E-state index in [1.165, 1.54) is 17.7 Å². The number of Topliss-reactive ketones (excluding diaryl/α,β-unsaturated/α-hetero) is 1. The summed E-state index contributed by atoms with van der Waals surface area (Å²) in [6.45, 7) is 4.32. The minimum Gasteiger partial charge on any atom is -0.397 e. The van der Waals surface area contributed by atoms with Crippen molar-refractivity contribution in [3.05, 3.63) is 82.9 Å². The summed E-state index contributed by atoms with van der Waals surface area (Å²) in [6, 6.07) is 14.6. The predicted molar refractivity (Wildman–Crippen MR) is 119 cm³/mol. The number of halogens is 1. The van der Waals surface area contributed by atoms with E-state index in [1.807, 2.05) is 0 Å². The average Bonchev–Trinajstić information content (AvgIpc) is 3.18. The lowest BCUT2D eigenvalue weighted by Crippen LogP contribution is -2.22. The van der Waals surface area contributed by atoms with Crippen LogP contribution in [0.2, 0.25) is 0 Å². The minimum atomic E-state index is -0.354. The van der Waals surface area contributed by atoms with Gasteiger partial charge in [-0.15, -0.1) is 0 Å². The van der Waals surface area contributed by atoms with E-state index in [2.05, 4.69) is 43.2 Å². The van der Waals surface area contributed by atoms with Crippen molar-refractivity contribution < 1.29 is 9.18 Å². The van der Waals surface area contributed by atoms with Crippen LogP contribution < -0.4 is 5.73 Å². The fourth-order valence-electron chi connectivity index (χ4n) is 4.39. The topological polar surface area (TPSA) is 73.8 Å². The first-order chi connectivity index (χ1) is 14.9. The van der Waals surface area contributed by atoms with Crippen LogP contribution in [0.25, 0.3) is 16.7 Å². The van der Waals surface area contributed by atoms with Gasteiger partial charge in [0.25, 0.3) is 0 Å². The summed E-state index contributed by atoms with van der Waals surface area (Å²) < 4.78 is 15.3. The summed E-state index contributed by atoms with van der Waals surface area (Å²) in [5.41, 5.74) is 11.5. The summed E-state index contributed by atoms with van der Waals surface area (Å²) >= 11 is 0. The van der Waals surface area contributed by atoms with Gasteiger partial charge in [-0.25, -0.2) is 14.1 Å². The van der Waals surface area contributed by atoms with Crippen LogP contribution >= 0.6 is 0 Å². The minimum absolute atomic E-state index is 0.00425. The molecule has 0 saturated carbocycles. The molecule has 31 heavy (non-hydrogen) atoms. The Morgan fingerprint density at radius 2 is 1.90 bits per heavy atom. The van der Waals surface area contributed by atoms with Crippen LogP contribution in [-0.2, 0) is 6.42 Å². The number of carbonyl (C=O) groups excluding carboxylic acids is 1. The second-order valence-electron chi connectivity index (χ2n) is 8.47. The van der Waals surface area contributed by atoms with Crippen LogP contribution in [0.15, 0.2) is 54.7 Å². The normalized spacial score (nSPS) is 16.1. The van der Waals surface area contributed by atoms with Gasteiger partial charge in [0.15, 0.2) is 11.4 Å². The molecule has 2 aromatic heterocycles. The van der Waals surface area contributed by atoms with E-state index >= 15 is 0 Å². The Labute approximate surface area is 179 Å². The zero-order valence-corrected chi connectivity index (χ0v) is 17.5. The number of hydrogen-bond donors (Lipinski definition) is 1. The molecule has 2 aromatic carbocycles. The summed E-state index contributed by atoms with van der Waals surface area (Å²) in [6.07, 6.45) is 2.62. The van der Waals surface area contributed by atoms with Gasteiger partial charge in [0.05, 0.1) is 34.2 Å². The smallest absolute Gasteiger partial charge is 0.167 e. The van der Waals surface area contributed by atoms with Crippen LogP contribution in [-0.4, -0.2) is 20.5 Å². The first-order valence-electron chi connectivity index (χ1n) is 10.5. The molecule has 0 aliphatic heterocycles. The van der Waals surface area contributed by atoms with Gasteiger partial charge in [0.1, 0.15) is 5.82 Å². The van der Waals surface area contributed by atoms with Crippen molar-refractivity contribution in [1.82, 2.24) is 14.8 Å². The number of rotatable bonds is 3. The summed E-state index contributed by atoms with van der Waals surface area (Å²) in [5, 5.41) is 4.97. The molecule has 0 bridgehead atoms. The lowest BCUT2D eigenvalue weighted by atomic mass is 9.80. The quantitative estimate of drug-likeness (QED) is 0.501. The van der Waals surface area contributed by atoms with Crippen molar-refractivity contribution in [2.24, 2.45) is 0 Å². The molecule has 2 heterocycles. The Hall–Kier alpha value is -3.54. The van der Waals surface area contributed by atoms with Crippen molar-refractivity contribution in [2.75, 3.05) is 5.73 Å². The monoisotopic (exact) mass is 414 g/mol. The molecular formula is C25H23FN4O. The first kappa shape index (κ1) is 19.4. The third kappa shape index (κ3) is 3.28. The lowest BCUT2D eigenvalue weighted by molar-refractivity contribution is 0.0964. The van der Waals surface area contributed by atoms with Crippen LogP contribution in [0.4, 0.5) is 10.1 Å². The summed E-state index contributed by atoms with van der Waals surface area (Å²) in [4.78, 5) is 17.8. The molecule has 5 rings (SSSR count). The van der Waals surface area contributed by atoms with Crippen molar-refractivity contribution in [3.63, 3.8) is 0 Å². The van der Waals surface area contributed by atoms with Crippen LogP contribution in [0, 0.1) is 5.82 Å². The van der Waals surface area contributed by atoms with Crippen LogP contribution in [0.3, 0.4) is 0 Å². The Morgan fingerprint density at radius 3 is 2.61 bits per heavy atom. The molecule has 6 heteroatoms. The van der Waals surface area contributed by atoms with Gasteiger partial charge in [-0.2, -0.15) is 5.10 Å². The maximum atomic E-state index is 13.7. The summed E-state index contributed by atoms with van der Waals surface area (Å²) in [7, 11) is 0. The molecule has 0 spiro atoms. The largest absolute Gasteiger partial charge is 0.397 e. The number of hydrogen-bond acceptors (Lipinski definition) is 4. The van der Waals surface area contributed by atoms with E-state index in [4.69, 9.17) is 10.7 Å². The molecule has 1 atom stereocenters. The molecule has 0 amide bonds. The Bertz CT molecular complexity index is 1310. The number of aromatic nitrogens is 3. The number of ketones is 1. The second-order valence-corrected chi connectivity index (χ2v) is 8.47. The van der Waals surface area contributed by atoms with Gasteiger partial charge < -0.3 is 5.73 Å². The van der Waals surface area contributed by atoms with Gasteiger partial charge >= 0.3 is 0 Å². The first-order valence-corrected chi connectivity index (χ1v) is 10.5. The van der Waals surface area contributed by atoms with E-state index in [0.29, 0.717) is 52.4 Å². The highest BCUT2D eigenvalue weighted by Crippen LogP contribution is 2.37. The van der Waals surface area contributed by atoms with Gasteiger partial charge in [0, 0.05) is 6.42 Å². The summed E-state index contributed by atoms with van der Waals surface area (Å²) in [5.74, 6) is 0.161. The van der Waals surface area contributed by atoms with Crippen molar-refractivity contribution in [1.29, 1.82) is 0 Å². The highest BCUT2D eigenvalue weighted by atomic mass is 19.1. The molecule has 0 fully saturated rings. The number of nitrogens with zero attached hydrogens (tertiary/aromatic N) is 3. The maximum Gasteiger partial charge on any atom is 0.167 e. The number of pyridine rings is 1. The molecule has 4 aromatic rings. The molecule has 0 radical (unpaired) electrons. The zero-order valence-electron chi connectivity index (χ0n) is 17.5. The van der Waals surface area contributed by atoms with Gasteiger partial charge in [-0.3, -0.25) is 4.79 Å². The molecule has 2 N–H and O–H groups in total. The highest BCUT2D eigenvalue weighted by molar-refractivity contribution is 6.09. The third-order valence-corrected chi connectivity index (χ3v) is 6.11. The molecule has 5 nitrogen and oxygen atoms in total. The molecular weight excluding hydrogens is 391 g/mol. The number of carbonyl (C=O) groups is 1. The molecule has 1 aliphatic rings. The molecule has 0 unspecified atom stereocenters. The highest BCUT2D eigenvalue weighted by Gasteiger charge is 2.31. The number of benzene rings is 2. The number of nitrogen functional groups attached to an aromatic ring is 1. The second kappa shape index (κ2) is 7.30. The fourth-order valence-corrected chi connectivity index (χ4v) is 4.39. The zero-order chi connectivity index (χ0) is 21.7. The maximum absolute atomic E-state index is 13.7.